The Hall–Kier alpha value is -0.780. The molecule has 3 atom stereocenters. The number of hydrogen-bond donors (Lipinski definition) is 0. The second kappa shape index (κ2) is 5.25. The minimum atomic E-state index is 0.792. The van der Waals surface area contributed by atoms with Gasteiger partial charge in [0.2, 0.25) is 0 Å². The van der Waals surface area contributed by atoms with Crippen LogP contribution in [0.4, 0.5) is 0 Å². The van der Waals surface area contributed by atoms with E-state index >= 15 is 0 Å². The van der Waals surface area contributed by atoms with E-state index in [2.05, 4.69) is 52.0 Å². The van der Waals surface area contributed by atoms with Gasteiger partial charge in [-0.15, -0.1) is 0 Å². The van der Waals surface area contributed by atoms with E-state index in [4.69, 9.17) is 0 Å². The molecule has 1 aromatic carbocycles. The molecule has 17 heavy (non-hydrogen) atoms. The van der Waals surface area contributed by atoms with Crippen LogP contribution < -0.4 is 0 Å². The van der Waals surface area contributed by atoms with E-state index < -0.39 is 0 Å². The summed E-state index contributed by atoms with van der Waals surface area (Å²) in [4.78, 5) is 0. The monoisotopic (exact) mass is 230 g/mol. The average Bonchev–Trinajstić information content (AvgIpc) is 2.29. The average molecular weight is 230 g/mol. The van der Waals surface area contributed by atoms with Crippen LogP contribution in [-0.4, -0.2) is 0 Å². The van der Waals surface area contributed by atoms with Gasteiger partial charge in [0.05, 0.1) is 0 Å². The van der Waals surface area contributed by atoms with Crippen LogP contribution in [0.3, 0.4) is 0 Å². The normalized spacial score (nSPS) is 29.6. The zero-order valence-corrected chi connectivity index (χ0v) is 11.7. The van der Waals surface area contributed by atoms with Crippen LogP contribution in [0.2, 0.25) is 0 Å². The third kappa shape index (κ3) is 2.73. The molecular weight excluding hydrogens is 204 g/mol. The molecule has 0 bridgehead atoms. The molecule has 1 aliphatic carbocycles. The van der Waals surface area contributed by atoms with Gasteiger partial charge in [-0.1, -0.05) is 51.5 Å². The van der Waals surface area contributed by atoms with Crippen LogP contribution in [0.25, 0.3) is 0 Å². The Labute approximate surface area is 106 Å². The van der Waals surface area contributed by atoms with E-state index in [1.165, 1.54) is 24.8 Å². The lowest BCUT2D eigenvalue weighted by molar-refractivity contribution is 0.197. The van der Waals surface area contributed by atoms with Crippen molar-refractivity contribution in [1.82, 2.24) is 0 Å². The van der Waals surface area contributed by atoms with Gasteiger partial charge in [-0.3, -0.25) is 0 Å². The summed E-state index contributed by atoms with van der Waals surface area (Å²) < 4.78 is 0. The van der Waals surface area contributed by atoms with Crippen molar-refractivity contribution in [2.45, 2.75) is 52.9 Å². The van der Waals surface area contributed by atoms with Gasteiger partial charge in [0.25, 0.3) is 0 Å². The molecule has 0 aliphatic heterocycles. The molecule has 94 valence electrons. The fourth-order valence-electron chi connectivity index (χ4n) is 3.56. The first-order valence-corrected chi connectivity index (χ1v) is 7.15. The number of aryl methyl sites for hydroxylation is 1. The van der Waals surface area contributed by atoms with Crippen molar-refractivity contribution in [1.29, 1.82) is 0 Å². The summed E-state index contributed by atoms with van der Waals surface area (Å²) in [5, 5.41) is 0. The van der Waals surface area contributed by atoms with Crippen molar-refractivity contribution in [3.8, 4) is 0 Å². The minimum absolute atomic E-state index is 0.792. The molecule has 3 unspecified atom stereocenters. The minimum Gasteiger partial charge on any atom is -0.0625 e. The number of hydrogen-bond acceptors (Lipinski definition) is 0. The molecule has 1 saturated carbocycles. The van der Waals surface area contributed by atoms with Gasteiger partial charge in [0.1, 0.15) is 0 Å². The second-order valence-corrected chi connectivity index (χ2v) is 6.29. The van der Waals surface area contributed by atoms with Gasteiger partial charge in [-0.2, -0.15) is 0 Å². The second-order valence-electron chi connectivity index (χ2n) is 6.29. The topological polar surface area (TPSA) is 0 Å². The maximum Gasteiger partial charge on any atom is -0.0126 e. The van der Waals surface area contributed by atoms with Crippen LogP contribution in [0.5, 0.6) is 0 Å². The molecule has 1 aromatic rings. The molecule has 0 aromatic heterocycles. The quantitative estimate of drug-likeness (QED) is 0.657. The Morgan fingerprint density at radius 1 is 1.12 bits per heavy atom. The first-order valence-electron chi connectivity index (χ1n) is 7.15. The molecule has 0 spiro atoms. The SMILES string of the molecule is Cc1ccccc1C1CC(C)CCC1C(C)C. The maximum atomic E-state index is 2.42. The third-order valence-corrected chi connectivity index (χ3v) is 4.61. The Morgan fingerprint density at radius 2 is 1.82 bits per heavy atom. The molecule has 2 rings (SSSR count). The van der Waals surface area contributed by atoms with Gasteiger partial charge in [0.15, 0.2) is 0 Å². The summed E-state index contributed by atoms with van der Waals surface area (Å²) >= 11 is 0. The highest BCUT2D eigenvalue weighted by Crippen LogP contribution is 2.44. The lowest BCUT2D eigenvalue weighted by Gasteiger charge is -2.38. The van der Waals surface area contributed by atoms with Gasteiger partial charge < -0.3 is 0 Å². The first-order chi connectivity index (χ1) is 8.09. The van der Waals surface area contributed by atoms with Crippen molar-refractivity contribution < 1.29 is 0 Å². The van der Waals surface area contributed by atoms with Crippen molar-refractivity contribution in [2.24, 2.45) is 17.8 Å². The van der Waals surface area contributed by atoms with Crippen LogP contribution in [0.15, 0.2) is 24.3 Å². The molecule has 0 saturated heterocycles. The fourth-order valence-corrected chi connectivity index (χ4v) is 3.56. The highest BCUT2D eigenvalue weighted by atomic mass is 14.4. The maximum absolute atomic E-state index is 2.42. The van der Waals surface area contributed by atoms with Crippen molar-refractivity contribution in [2.75, 3.05) is 0 Å². The summed E-state index contributed by atoms with van der Waals surface area (Å²) in [5.74, 6) is 3.38. The van der Waals surface area contributed by atoms with E-state index in [1.807, 2.05) is 0 Å². The lowest BCUT2D eigenvalue weighted by atomic mass is 9.67. The smallest absolute Gasteiger partial charge is 0.0126 e. The Morgan fingerprint density at radius 3 is 2.47 bits per heavy atom. The third-order valence-electron chi connectivity index (χ3n) is 4.61. The Kier molecular flexibility index (Phi) is 3.91. The van der Waals surface area contributed by atoms with Crippen molar-refractivity contribution in [3.05, 3.63) is 35.4 Å². The van der Waals surface area contributed by atoms with E-state index in [-0.39, 0.29) is 0 Å². The number of benzene rings is 1. The molecule has 1 aliphatic rings. The Balaban J connectivity index is 2.29. The zero-order chi connectivity index (χ0) is 12.4. The predicted molar refractivity (Wildman–Crippen MR) is 75.3 cm³/mol. The van der Waals surface area contributed by atoms with Crippen LogP contribution in [0, 0.1) is 24.7 Å². The highest BCUT2D eigenvalue weighted by molar-refractivity contribution is 5.30. The van der Waals surface area contributed by atoms with E-state index in [0.717, 1.165) is 23.7 Å². The molecule has 0 N–H and O–H groups in total. The standard InChI is InChI=1S/C17H26/c1-12(2)15-10-9-13(3)11-17(15)16-8-6-5-7-14(16)4/h5-8,12-13,15,17H,9-11H2,1-4H3. The van der Waals surface area contributed by atoms with Crippen LogP contribution in [0.1, 0.15) is 57.1 Å². The van der Waals surface area contributed by atoms with E-state index in [9.17, 15) is 0 Å². The van der Waals surface area contributed by atoms with Crippen LogP contribution >= 0.6 is 0 Å². The molecule has 1 fully saturated rings. The summed E-state index contributed by atoms with van der Waals surface area (Å²) in [7, 11) is 0. The zero-order valence-electron chi connectivity index (χ0n) is 11.7. The molecule has 0 nitrogen and oxygen atoms in total. The van der Waals surface area contributed by atoms with Crippen molar-refractivity contribution >= 4 is 0 Å². The highest BCUT2D eigenvalue weighted by Gasteiger charge is 2.32. The van der Waals surface area contributed by atoms with Gasteiger partial charge in [-0.25, -0.2) is 0 Å². The van der Waals surface area contributed by atoms with Gasteiger partial charge in [0, 0.05) is 0 Å². The molecule has 0 amide bonds. The Bertz CT molecular complexity index is 364. The van der Waals surface area contributed by atoms with E-state index in [0.29, 0.717) is 0 Å². The predicted octanol–water partition coefficient (Wildman–Crippen LogP) is 5.17. The van der Waals surface area contributed by atoms with Crippen LogP contribution in [-0.2, 0) is 0 Å². The molecule has 0 radical (unpaired) electrons. The fraction of sp³-hybridized carbons (Fsp3) is 0.647. The largest absolute Gasteiger partial charge is 0.0625 e. The van der Waals surface area contributed by atoms with Crippen molar-refractivity contribution in [3.63, 3.8) is 0 Å². The first kappa shape index (κ1) is 12.7. The number of rotatable bonds is 2. The molecule has 0 heteroatoms. The summed E-state index contributed by atoms with van der Waals surface area (Å²) in [6, 6.07) is 8.99. The van der Waals surface area contributed by atoms with Gasteiger partial charge >= 0.3 is 0 Å². The van der Waals surface area contributed by atoms with E-state index in [1.54, 1.807) is 5.56 Å². The van der Waals surface area contributed by atoms with Gasteiger partial charge in [-0.05, 0) is 54.6 Å². The summed E-state index contributed by atoms with van der Waals surface area (Å²) in [6.07, 6.45) is 4.22. The summed E-state index contributed by atoms with van der Waals surface area (Å²) in [5.41, 5.74) is 3.09. The lowest BCUT2D eigenvalue weighted by Crippen LogP contribution is -2.26. The molecular formula is C17H26. The summed E-state index contributed by atoms with van der Waals surface area (Å²) in [6.45, 7) is 9.48. The molecule has 0 heterocycles.